The highest BCUT2D eigenvalue weighted by Crippen LogP contribution is 2.17. The van der Waals surface area contributed by atoms with Gasteiger partial charge in [0, 0.05) is 18.8 Å². The number of aromatic nitrogens is 1. The van der Waals surface area contributed by atoms with Gasteiger partial charge in [-0.15, -0.1) is 0 Å². The molecule has 1 aromatic heterocycles. The summed E-state index contributed by atoms with van der Waals surface area (Å²) in [5.74, 6) is 0.815. The van der Waals surface area contributed by atoms with Crippen LogP contribution in [-0.2, 0) is 6.54 Å². The molecule has 1 saturated heterocycles. The molecule has 1 atom stereocenters. The van der Waals surface area contributed by atoms with E-state index in [4.69, 9.17) is 0 Å². The van der Waals surface area contributed by atoms with Crippen molar-refractivity contribution in [2.45, 2.75) is 19.9 Å². The summed E-state index contributed by atoms with van der Waals surface area (Å²) in [6.45, 7) is 6.61. The monoisotopic (exact) mass is 219 g/mol. The number of hydrogen-bond donors (Lipinski definition) is 1. The summed E-state index contributed by atoms with van der Waals surface area (Å²) in [6, 6.07) is 6.27. The van der Waals surface area contributed by atoms with Gasteiger partial charge in [-0.2, -0.15) is 0 Å². The van der Waals surface area contributed by atoms with E-state index in [1.165, 1.54) is 25.2 Å². The van der Waals surface area contributed by atoms with E-state index in [9.17, 15) is 0 Å². The van der Waals surface area contributed by atoms with Crippen molar-refractivity contribution in [2.24, 2.45) is 5.92 Å². The van der Waals surface area contributed by atoms with Crippen LogP contribution in [0.5, 0.6) is 0 Å². The van der Waals surface area contributed by atoms with Crippen LogP contribution in [-0.4, -0.2) is 36.6 Å². The Bertz CT molecular complexity index is 338. The average Bonchev–Trinajstić information content (AvgIpc) is 2.66. The van der Waals surface area contributed by atoms with Crippen LogP contribution < -0.4 is 5.32 Å². The number of hydrogen-bond acceptors (Lipinski definition) is 3. The lowest BCUT2D eigenvalue weighted by Crippen LogP contribution is -2.24. The third-order valence-corrected chi connectivity index (χ3v) is 3.19. The van der Waals surface area contributed by atoms with Gasteiger partial charge < -0.3 is 5.32 Å². The molecule has 0 aromatic carbocycles. The van der Waals surface area contributed by atoms with Gasteiger partial charge in [0.05, 0.1) is 5.69 Å². The molecule has 0 amide bonds. The van der Waals surface area contributed by atoms with Crippen LogP contribution in [0.4, 0.5) is 0 Å². The van der Waals surface area contributed by atoms with Crippen molar-refractivity contribution < 1.29 is 0 Å². The van der Waals surface area contributed by atoms with E-state index in [0.717, 1.165) is 24.7 Å². The Labute approximate surface area is 97.9 Å². The third-order valence-electron chi connectivity index (χ3n) is 3.19. The van der Waals surface area contributed by atoms with Gasteiger partial charge in [-0.25, -0.2) is 0 Å². The fourth-order valence-electron chi connectivity index (χ4n) is 2.43. The van der Waals surface area contributed by atoms with Gasteiger partial charge in [-0.3, -0.25) is 9.88 Å². The predicted molar refractivity (Wildman–Crippen MR) is 66.3 cm³/mol. The van der Waals surface area contributed by atoms with Crippen LogP contribution in [0.2, 0.25) is 0 Å². The summed E-state index contributed by atoms with van der Waals surface area (Å²) in [6.07, 6.45) is 1.31. The molecule has 16 heavy (non-hydrogen) atoms. The van der Waals surface area contributed by atoms with Crippen molar-refractivity contribution in [1.29, 1.82) is 0 Å². The SMILES string of the molecule is CNCC1CCN(Cc2cccc(C)n2)C1. The summed E-state index contributed by atoms with van der Waals surface area (Å²) in [4.78, 5) is 7.05. The first kappa shape index (κ1) is 11.6. The molecule has 2 rings (SSSR count). The number of nitrogens with one attached hydrogen (secondary N) is 1. The number of pyridine rings is 1. The van der Waals surface area contributed by atoms with Crippen LogP contribution in [0.15, 0.2) is 18.2 Å². The molecule has 3 nitrogen and oxygen atoms in total. The molecule has 1 aromatic rings. The van der Waals surface area contributed by atoms with E-state index < -0.39 is 0 Å². The number of nitrogens with zero attached hydrogens (tertiary/aromatic N) is 2. The first-order valence-electron chi connectivity index (χ1n) is 6.07. The molecule has 0 bridgehead atoms. The van der Waals surface area contributed by atoms with Crippen LogP contribution in [0.1, 0.15) is 17.8 Å². The summed E-state index contributed by atoms with van der Waals surface area (Å²) < 4.78 is 0. The van der Waals surface area contributed by atoms with Gasteiger partial charge in [0.25, 0.3) is 0 Å². The first-order valence-corrected chi connectivity index (χ1v) is 6.07. The molecule has 0 radical (unpaired) electrons. The predicted octanol–water partition coefficient (Wildman–Crippen LogP) is 1.43. The van der Waals surface area contributed by atoms with Gasteiger partial charge in [-0.1, -0.05) is 6.07 Å². The number of aryl methyl sites for hydroxylation is 1. The van der Waals surface area contributed by atoms with Crippen molar-refractivity contribution in [1.82, 2.24) is 15.2 Å². The summed E-state index contributed by atoms with van der Waals surface area (Å²) in [5.41, 5.74) is 2.31. The minimum absolute atomic E-state index is 0.815. The molecule has 0 spiro atoms. The fourth-order valence-corrected chi connectivity index (χ4v) is 2.43. The largest absolute Gasteiger partial charge is 0.319 e. The van der Waals surface area contributed by atoms with E-state index in [2.05, 4.69) is 40.3 Å². The average molecular weight is 219 g/mol. The lowest BCUT2D eigenvalue weighted by molar-refractivity contribution is 0.311. The van der Waals surface area contributed by atoms with Gasteiger partial charge in [-0.05, 0) is 51.5 Å². The Balaban J connectivity index is 1.87. The molecule has 1 N–H and O–H groups in total. The lowest BCUT2D eigenvalue weighted by Gasteiger charge is -2.15. The van der Waals surface area contributed by atoms with Crippen molar-refractivity contribution >= 4 is 0 Å². The molecule has 1 aliphatic heterocycles. The van der Waals surface area contributed by atoms with Gasteiger partial charge in [0.1, 0.15) is 0 Å². The molecule has 0 saturated carbocycles. The molecule has 1 unspecified atom stereocenters. The quantitative estimate of drug-likeness (QED) is 0.830. The highest BCUT2D eigenvalue weighted by Gasteiger charge is 2.21. The topological polar surface area (TPSA) is 28.2 Å². The summed E-state index contributed by atoms with van der Waals surface area (Å²) in [7, 11) is 2.03. The Morgan fingerprint density at radius 3 is 3.12 bits per heavy atom. The smallest absolute Gasteiger partial charge is 0.0547 e. The van der Waals surface area contributed by atoms with E-state index >= 15 is 0 Å². The van der Waals surface area contributed by atoms with Crippen molar-refractivity contribution in [3.8, 4) is 0 Å². The van der Waals surface area contributed by atoms with Crippen molar-refractivity contribution in [3.05, 3.63) is 29.6 Å². The Morgan fingerprint density at radius 2 is 2.38 bits per heavy atom. The molecule has 0 aliphatic carbocycles. The third kappa shape index (κ3) is 3.03. The highest BCUT2D eigenvalue weighted by atomic mass is 15.2. The summed E-state index contributed by atoms with van der Waals surface area (Å²) >= 11 is 0. The highest BCUT2D eigenvalue weighted by molar-refractivity contribution is 5.10. The van der Waals surface area contributed by atoms with Gasteiger partial charge >= 0.3 is 0 Å². The molecule has 2 heterocycles. The number of likely N-dealkylation sites (tertiary alicyclic amines) is 1. The molecular weight excluding hydrogens is 198 g/mol. The fraction of sp³-hybridized carbons (Fsp3) is 0.615. The van der Waals surface area contributed by atoms with Crippen molar-refractivity contribution in [3.63, 3.8) is 0 Å². The second kappa shape index (κ2) is 5.41. The maximum atomic E-state index is 4.55. The first-order chi connectivity index (χ1) is 7.78. The molecule has 1 aliphatic rings. The summed E-state index contributed by atoms with van der Waals surface area (Å²) in [5, 5.41) is 3.26. The second-order valence-corrected chi connectivity index (χ2v) is 4.72. The zero-order chi connectivity index (χ0) is 11.4. The molecular formula is C13H21N3. The zero-order valence-corrected chi connectivity index (χ0v) is 10.2. The minimum Gasteiger partial charge on any atom is -0.319 e. The van der Waals surface area contributed by atoms with Crippen molar-refractivity contribution in [2.75, 3.05) is 26.7 Å². The van der Waals surface area contributed by atoms with Gasteiger partial charge in [0.2, 0.25) is 0 Å². The normalized spacial score (nSPS) is 21.5. The molecule has 88 valence electrons. The molecule has 3 heteroatoms. The zero-order valence-electron chi connectivity index (χ0n) is 10.2. The van der Waals surface area contributed by atoms with Gasteiger partial charge in [0.15, 0.2) is 0 Å². The Hall–Kier alpha value is -0.930. The van der Waals surface area contributed by atoms with E-state index in [1.807, 2.05) is 7.05 Å². The standard InChI is InChI=1S/C13H21N3/c1-11-4-3-5-13(15-11)10-16-7-6-12(9-16)8-14-2/h3-5,12,14H,6-10H2,1-2H3. The van der Waals surface area contributed by atoms with E-state index in [0.29, 0.717) is 0 Å². The Kier molecular flexibility index (Phi) is 3.91. The second-order valence-electron chi connectivity index (χ2n) is 4.72. The van der Waals surface area contributed by atoms with Crippen LogP contribution >= 0.6 is 0 Å². The molecule has 1 fully saturated rings. The van der Waals surface area contributed by atoms with E-state index in [-0.39, 0.29) is 0 Å². The van der Waals surface area contributed by atoms with E-state index in [1.54, 1.807) is 0 Å². The van der Waals surface area contributed by atoms with Crippen LogP contribution in [0.3, 0.4) is 0 Å². The lowest BCUT2D eigenvalue weighted by atomic mass is 10.1. The minimum atomic E-state index is 0.815. The maximum absolute atomic E-state index is 4.55. The maximum Gasteiger partial charge on any atom is 0.0547 e. The Morgan fingerprint density at radius 1 is 1.50 bits per heavy atom. The van der Waals surface area contributed by atoms with Crippen LogP contribution in [0.25, 0.3) is 0 Å². The van der Waals surface area contributed by atoms with Crippen LogP contribution in [0, 0.1) is 12.8 Å². The number of rotatable bonds is 4.